The lowest BCUT2D eigenvalue weighted by Gasteiger charge is -2.15. The second kappa shape index (κ2) is 5.65. The Kier molecular flexibility index (Phi) is 3.83. The molecule has 10 nitrogen and oxygen atoms in total. The normalized spacial score (nSPS) is 28.4. The second-order valence-electron chi connectivity index (χ2n) is 4.91. The van der Waals surface area contributed by atoms with Crippen molar-refractivity contribution in [3.05, 3.63) is 6.07 Å². The summed E-state index contributed by atoms with van der Waals surface area (Å²) in [5.74, 6) is 0.620. The van der Waals surface area contributed by atoms with E-state index < -0.39 is 31.1 Å². The summed E-state index contributed by atoms with van der Waals surface area (Å²) >= 11 is 0. The Balaban J connectivity index is 2.05. The summed E-state index contributed by atoms with van der Waals surface area (Å²) in [4.78, 5) is 4.13. The van der Waals surface area contributed by atoms with Crippen molar-refractivity contribution in [2.75, 3.05) is 18.9 Å². The summed E-state index contributed by atoms with van der Waals surface area (Å²) in [6.07, 6.45) is -4.45. The summed E-state index contributed by atoms with van der Waals surface area (Å²) < 4.78 is 12.1. The highest BCUT2D eigenvalue weighted by Gasteiger charge is 2.44. The fourth-order valence-electron chi connectivity index (χ4n) is 2.43. The summed E-state index contributed by atoms with van der Waals surface area (Å²) in [5, 5.41) is 36.9. The zero-order valence-corrected chi connectivity index (χ0v) is 11.8. The smallest absolute Gasteiger partial charge is 0.187 e. The highest BCUT2D eigenvalue weighted by molar-refractivity contribution is 5.79. The minimum Gasteiger partial charge on any atom is -0.491 e. The molecule has 0 amide bonds. The molecule has 4 atom stereocenters. The maximum Gasteiger partial charge on any atom is 0.187 e. The van der Waals surface area contributed by atoms with Gasteiger partial charge in [0, 0.05) is 6.07 Å². The molecule has 1 aliphatic heterocycles. The number of pyridine rings is 1. The molecule has 5 N–H and O–H groups in total. The van der Waals surface area contributed by atoms with Gasteiger partial charge in [-0.2, -0.15) is 4.68 Å². The molecule has 0 aromatic carbocycles. The van der Waals surface area contributed by atoms with E-state index in [1.165, 1.54) is 10.7 Å². The van der Waals surface area contributed by atoms with Gasteiger partial charge in [-0.3, -0.25) is 0 Å². The fraction of sp³-hybridized carbons (Fsp3) is 0.583. The van der Waals surface area contributed by atoms with Gasteiger partial charge in [-0.25, -0.2) is 4.98 Å². The van der Waals surface area contributed by atoms with E-state index >= 15 is 0 Å². The first-order chi connectivity index (χ1) is 10.6. The van der Waals surface area contributed by atoms with Crippen molar-refractivity contribution in [2.24, 2.45) is 0 Å². The van der Waals surface area contributed by atoms with Crippen LogP contribution in [0.2, 0.25) is 0 Å². The number of nitrogens with two attached hydrogens (primary N) is 1. The molecule has 0 spiro atoms. The summed E-state index contributed by atoms with van der Waals surface area (Å²) in [6, 6.07) is 1.53. The van der Waals surface area contributed by atoms with Crippen LogP contribution in [0, 0.1) is 0 Å². The molecule has 2 aromatic rings. The third-order valence-electron chi connectivity index (χ3n) is 3.48. The van der Waals surface area contributed by atoms with Gasteiger partial charge in [-0.05, 0) is 6.92 Å². The average Bonchev–Trinajstić information content (AvgIpc) is 3.02. The number of nitrogen functional groups attached to an aromatic ring is 1. The van der Waals surface area contributed by atoms with Crippen LogP contribution in [0.15, 0.2) is 6.07 Å². The first kappa shape index (κ1) is 14.9. The lowest BCUT2D eigenvalue weighted by Crippen LogP contribution is -2.33. The molecule has 1 saturated heterocycles. The maximum absolute atomic E-state index is 10.1. The molecule has 1 fully saturated rings. The third kappa shape index (κ3) is 2.25. The maximum atomic E-state index is 10.1. The van der Waals surface area contributed by atoms with Gasteiger partial charge < -0.3 is 30.5 Å². The monoisotopic (exact) mass is 311 g/mol. The lowest BCUT2D eigenvalue weighted by atomic mass is 10.1. The quantitative estimate of drug-likeness (QED) is 0.524. The van der Waals surface area contributed by atoms with Gasteiger partial charge in [0.25, 0.3) is 0 Å². The van der Waals surface area contributed by atoms with E-state index in [4.69, 9.17) is 20.3 Å². The van der Waals surface area contributed by atoms with Gasteiger partial charge >= 0.3 is 0 Å². The predicted octanol–water partition coefficient (Wildman–Crippen LogP) is -1.58. The molecule has 0 radical (unpaired) electrons. The molecule has 0 unspecified atom stereocenters. The molecule has 120 valence electrons. The highest BCUT2D eigenvalue weighted by Crippen LogP contribution is 2.32. The molecule has 22 heavy (non-hydrogen) atoms. The van der Waals surface area contributed by atoms with Gasteiger partial charge in [0.15, 0.2) is 23.1 Å². The lowest BCUT2D eigenvalue weighted by molar-refractivity contribution is -0.0574. The van der Waals surface area contributed by atoms with Crippen molar-refractivity contribution in [3.8, 4) is 5.75 Å². The molecule has 0 aliphatic carbocycles. The number of fused-ring (bicyclic) bond motifs is 1. The molecule has 2 aromatic heterocycles. The van der Waals surface area contributed by atoms with Gasteiger partial charge in [-0.15, -0.1) is 5.10 Å². The number of hydrogen-bond acceptors (Lipinski definition) is 9. The zero-order chi connectivity index (χ0) is 15.9. The standard InChI is InChI=1S/C12H17N5O5/c1-2-21-5-3-7(13)14-11-8(5)15-16-17(11)12-10(20)9(19)6(4-18)22-12/h3,6,9-10,12,18-20H,2,4H2,1H3,(H2,13,14)/t6-,9-,10-,12-/m1/s1. The molecular formula is C12H17N5O5. The average molecular weight is 311 g/mol. The Morgan fingerprint density at radius 1 is 1.41 bits per heavy atom. The van der Waals surface area contributed by atoms with Crippen molar-refractivity contribution in [3.63, 3.8) is 0 Å². The highest BCUT2D eigenvalue weighted by atomic mass is 16.6. The van der Waals surface area contributed by atoms with Crippen molar-refractivity contribution >= 4 is 17.0 Å². The molecule has 3 heterocycles. The van der Waals surface area contributed by atoms with Crippen LogP contribution < -0.4 is 10.5 Å². The number of aromatic nitrogens is 4. The van der Waals surface area contributed by atoms with E-state index in [9.17, 15) is 10.2 Å². The zero-order valence-electron chi connectivity index (χ0n) is 11.8. The van der Waals surface area contributed by atoms with Crippen LogP contribution >= 0.6 is 0 Å². The van der Waals surface area contributed by atoms with Gasteiger partial charge in [0.05, 0.1) is 13.2 Å². The van der Waals surface area contributed by atoms with E-state index in [-0.39, 0.29) is 11.5 Å². The predicted molar refractivity (Wildman–Crippen MR) is 73.9 cm³/mol. The molecule has 0 saturated carbocycles. The van der Waals surface area contributed by atoms with E-state index in [0.717, 1.165) is 0 Å². The Hall–Kier alpha value is -2.01. The number of anilines is 1. The van der Waals surface area contributed by atoms with E-state index in [0.29, 0.717) is 17.9 Å². The molecule has 0 bridgehead atoms. The van der Waals surface area contributed by atoms with Crippen LogP contribution in [-0.4, -0.2) is 66.8 Å². The number of aliphatic hydroxyl groups is 3. The Bertz CT molecular complexity index is 677. The van der Waals surface area contributed by atoms with Crippen LogP contribution in [-0.2, 0) is 4.74 Å². The molecule has 3 rings (SSSR count). The van der Waals surface area contributed by atoms with Gasteiger partial charge in [0.1, 0.15) is 24.1 Å². The fourth-order valence-corrected chi connectivity index (χ4v) is 2.43. The number of hydrogen-bond donors (Lipinski definition) is 4. The van der Waals surface area contributed by atoms with E-state index in [2.05, 4.69) is 15.3 Å². The number of rotatable bonds is 4. The van der Waals surface area contributed by atoms with Crippen LogP contribution in [0.3, 0.4) is 0 Å². The minimum absolute atomic E-state index is 0.200. The Labute approximate surface area is 125 Å². The van der Waals surface area contributed by atoms with Crippen molar-refractivity contribution in [1.29, 1.82) is 0 Å². The van der Waals surface area contributed by atoms with Gasteiger partial charge in [0.2, 0.25) is 0 Å². The summed E-state index contributed by atoms with van der Waals surface area (Å²) in [7, 11) is 0. The number of nitrogens with zero attached hydrogens (tertiary/aromatic N) is 4. The van der Waals surface area contributed by atoms with Crippen molar-refractivity contribution < 1.29 is 24.8 Å². The van der Waals surface area contributed by atoms with Crippen molar-refractivity contribution in [1.82, 2.24) is 20.0 Å². The number of aliphatic hydroxyl groups excluding tert-OH is 3. The first-order valence-electron chi connectivity index (χ1n) is 6.83. The molecule has 10 heteroatoms. The van der Waals surface area contributed by atoms with Gasteiger partial charge in [-0.1, -0.05) is 5.21 Å². The van der Waals surface area contributed by atoms with Crippen LogP contribution in [0.4, 0.5) is 5.82 Å². The SMILES string of the molecule is CCOc1cc(N)nc2c1nnn2[C@@H]1O[C@H](CO)[C@@H](O)[C@H]1O. The van der Waals surface area contributed by atoms with E-state index in [1.807, 2.05) is 6.92 Å². The minimum atomic E-state index is -1.28. The van der Waals surface area contributed by atoms with Crippen LogP contribution in [0.1, 0.15) is 13.2 Å². The Morgan fingerprint density at radius 2 is 2.18 bits per heavy atom. The molecular weight excluding hydrogens is 294 g/mol. The van der Waals surface area contributed by atoms with Crippen LogP contribution in [0.5, 0.6) is 5.75 Å². The van der Waals surface area contributed by atoms with E-state index in [1.54, 1.807) is 0 Å². The summed E-state index contributed by atoms with van der Waals surface area (Å²) in [5.41, 5.74) is 6.38. The second-order valence-corrected chi connectivity index (χ2v) is 4.91. The van der Waals surface area contributed by atoms with Crippen molar-refractivity contribution in [2.45, 2.75) is 31.5 Å². The largest absolute Gasteiger partial charge is 0.491 e. The first-order valence-corrected chi connectivity index (χ1v) is 6.83. The topological polar surface area (TPSA) is 149 Å². The Morgan fingerprint density at radius 3 is 2.82 bits per heavy atom. The number of ether oxygens (including phenoxy) is 2. The molecule has 1 aliphatic rings. The third-order valence-corrected chi connectivity index (χ3v) is 3.48. The van der Waals surface area contributed by atoms with Crippen LogP contribution in [0.25, 0.3) is 11.2 Å². The summed E-state index contributed by atoms with van der Waals surface area (Å²) in [6.45, 7) is 1.80.